The Bertz CT molecular complexity index is 1160. The van der Waals surface area contributed by atoms with Gasteiger partial charge >= 0.3 is 6.09 Å². The summed E-state index contributed by atoms with van der Waals surface area (Å²) in [5.74, 6) is 7.62. The number of methoxy groups -OCH3 is 2. The van der Waals surface area contributed by atoms with Gasteiger partial charge in [0.1, 0.15) is 29.3 Å². The number of likely N-dealkylation sites (tertiary alicyclic amines) is 1. The second-order valence-electron chi connectivity index (χ2n) is 6.77. The van der Waals surface area contributed by atoms with Crippen molar-refractivity contribution >= 4 is 22.9 Å². The fraction of sp³-hybridized carbons (Fsp3) is 0.300. The third-order valence-corrected chi connectivity index (χ3v) is 4.97. The summed E-state index contributed by atoms with van der Waals surface area (Å²) in [5.41, 5.74) is 7.73. The molecule has 1 aliphatic rings. The lowest BCUT2D eigenvalue weighted by atomic mass is 10.2. The van der Waals surface area contributed by atoms with Crippen molar-refractivity contribution in [2.75, 3.05) is 33.0 Å². The van der Waals surface area contributed by atoms with Crippen LogP contribution in [0.4, 0.5) is 10.6 Å². The number of carbonyl (C=O) groups is 1. The molecule has 3 aromatic rings. The van der Waals surface area contributed by atoms with Gasteiger partial charge in [-0.15, -0.1) is 0 Å². The van der Waals surface area contributed by atoms with Gasteiger partial charge in [-0.2, -0.15) is 5.10 Å². The first-order valence-corrected chi connectivity index (χ1v) is 9.21. The molecule has 4 rings (SSSR count). The highest BCUT2D eigenvalue weighted by molar-refractivity contribution is 5.90. The van der Waals surface area contributed by atoms with E-state index in [0.29, 0.717) is 53.3 Å². The van der Waals surface area contributed by atoms with E-state index in [0.717, 1.165) is 0 Å². The lowest BCUT2D eigenvalue weighted by Crippen LogP contribution is -2.27. The highest BCUT2D eigenvalue weighted by atomic mass is 16.5. The molecule has 10 heteroatoms. The molecule has 1 fully saturated rings. The Morgan fingerprint density at radius 1 is 1.20 bits per heavy atom. The van der Waals surface area contributed by atoms with E-state index in [1.54, 1.807) is 37.1 Å². The molecule has 0 aliphatic carbocycles. The van der Waals surface area contributed by atoms with E-state index in [9.17, 15) is 9.90 Å². The first-order chi connectivity index (χ1) is 14.5. The van der Waals surface area contributed by atoms with Crippen LogP contribution in [-0.4, -0.2) is 63.2 Å². The Labute approximate surface area is 172 Å². The summed E-state index contributed by atoms with van der Waals surface area (Å²) in [6, 6.07) is 5.19. The largest absolute Gasteiger partial charge is 0.497 e. The Morgan fingerprint density at radius 3 is 2.57 bits per heavy atom. The standard InChI is InChI=1S/C20H20N6O4/c1-29-14-7-12(8-15(9-14)30-2)3-4-16-17-18(21)22-11-23-19(17)26(24-16)13-5-6-25(10-13)20(27)28/h7-9,11,13H,5-6,10H2,1-2H3,(H,27,28)(H2,21,22,23)/t13-/m0/s1. The second kappa shape index (κ2) is 7.79. The molecular weight excluding hydrogens is 388 g/mol. The van der Waals surface area contributed by atoms with Crippen LogP contribution in [0.25, 0.3) is 11.0 Å². The number of carboxylic acid groups (broad SMARTS) is 1. The summed E-state index contributed by atoms with van der Waals surface area (Å²) in [5, 5.41) is 14.4. The molecule has 0 spiro atoms. The van der Waals surface area contributed by atoms with Crippen LogP contribution in [0.15, 0.2) is 24.5 Å². The smallest absolute Gasteiger partial charge is 0.407 e. The predicted molar refractivity (Wildman–Crippen MR) is 109 cm³/mol. The van der Waals surface area contributed by atoms with Crippen LogP contribution in [0, 0.1) is 11.8 Å². The number of nitrogen functional groups attached to an aromatic ring is 1. The van der Waals surface area contributed by atoms with Crippen molar-refractivity contribution in [2.24, 2.45) is 0 Å². The second-order valence-corrected chi connectivity index (χ2v) is 6.77. The van der Waals surface area contributed by atoms with Crippen molar-refractivity contribution in [1.82, 2.24) is 24.6 Å². The van der Waals surface area contributed by atoms with Gasteiger partial charge in [0.05, 0.1) is 25.6 Å². The van der Waals surface area contributed by atoms with Crippen LogP contribution < -0.4 is 15.2 Å². The number of nitrogens with zero attached hydrogens (tertiary/aromatic N) is 5. The maximum atomic E-state index is 11.3. The highest BCUT2D eigenvalue weighted by Gasteiger charge is 2.30. The average Bonchev–Trinajstić information content (AvgIpc) is 3.37. The number of ether oxygens (including phenoxy) is 2. The molecule has 3 heterocycles. The average molecular weight is 408 g/mol. The molecule has 10 nitrogen and oxygen atoms in total. The third kappa shape index (κ3) is 3.53. The van der Waals surface area contributed by atoms with Crippen LogP contribution >= 0.6 is 0 Å². The van der Waals surface area contributed by atoms with Crippen LogP contribution in [0.3, 0.4) is 0 Å². The molecule has 154 valence electrons. The Hall–Kier alpha value is -4.00. The number of aromatic nitrogens is 4. The van der Waals surface area contributed by atoms with E-state index in [1.165, 1.54) is 11.2 Å². The summed E-state index contributed by atoms with van der Waals surface area (Å²) >= 11 is 0. The van der Waals surface area contributed by atoms with Crippen molar-refractivity contribution < 1.29 is 19.4 Å². The fourth-order valence-electron chi connectivity index (χ4n) is 3.46. The first kappa shape index (κ1) is 19.3. The topological polar surface area (TPSA) is 129 Å². The molecule has 1 aromatic carbocycles. The van der Waals surface area contributed by atoms with Gasteiger partial charge in [0.25, 0.3) is 0 Å². The van der Waals surface area contributed by atoms with Crippen LogP contribution in [0.1, 0.15) is 23.7 Å². The molecule has 0 saturated carbocycles. The Morgan fingerprint density at radius 2 is 1.93 bits per heavy atom. The number of benzene rings is 1. The highest BCUT2D eigenvalue weighted by Crippen LogP contribution is 2.28. The number of rotatable bonds is 3. The Balaban J connectivity index is 1.77. The minimum absolute atomic E-state index is 0.148. The van der Waals surface area contributed by atoms with E-state index in [1.807, 2.05) is 0 Å². The zero-order valence-corrected chi connectivity index (χ0v) is 16.5. The van der Waals surface area contributed by atoms with Crippen molar-refractivity contribution in [2.45, 2.75) is 12.5 Å². The lowest BCUT2D eigenvalue weighted by molar-refractivity contribution is 0.154. The van der Waals surface area contributed by atoms with Gasteiger partial charge in [0.15, 0.2) is 5.65 Å². The van der Waals surface area contributed by atoms with E-state index < -0.39 is 6.09 Å². The van der Waals surface area contributed by atoms with E-state index in [2.05, 4.69) is 26.9 Å². The third-order valence-electron chi connectivity index (χ3n) is 4.97. The van der Waals surface area contributed by atoms with Gasteiger partial charge in [-0.25, -0.2) is 19.4 Å². The summed E-state index contributed by atoms with van der Waals surface area (Å²) in [6.07, 6.45) is 1.05. The summed E-state index contributed by atoms with van der Waals surface area (Å²) < 4.78 is 12.3. The molecule has 0 radical (unpaired) electrons. The Kier molecular flexibility index (Phi) is 5.02. The van der Waals surface area contributed by atoms with Crippen molar-refractivity contribution in [1.29, 1.82) is 0 Å². The first-order valence-electron chi connectivity index (χ1n) is 9.21. The SMILES string of the molecule is COc1cc(C#Cc2nn([C@H]3CCN(C(=O)O)C3)c3ncnc(N)c23)cc(OC)c1. The maximum Gasteiger partial charge on any atom is 0.407 e. The fourth-order valence-corrected chi connectivity index (χ4v) is 3.46. The van der Waals surface area contributed by atoms with Crippen molar-refractivity contribution in [3.8, 4) is 23.3 Å². The number of amides is 1. The summed E-state index contributed by atoms with van der Waals surface area (Å²) in [4.78, 5) is 21.0. The molecular formula is C20H20N6O4. The maximum absolute atomic E-state index is 11.3. The summed E-state index contributed by atoms with van der Waals surface area (Å²) in [7, 11) is 3.14. The number of anilines is 1. The summed E-state index contributed by atoms with van der Waals surface area (Å²) in [6.45, 7) is 0.766. The number of hydrogen-bond donors (Lipinski definition) is 2. The van der Waals surface area contributed by atoms with Gasteiger partial charge < -0.3 is 25.2 Å². The van der Waals surface area contributed by atoms with Crippen molar-refractivity contribution in [3.05, 3.63) is 35.8 Å². The molecule has 30 heavy (non-hydrogen) atoms. The zero-order valence-electron chi connectivity index (χ0n) is 16.5. The van der Waals surface area contributed by atoms with Gasteiger partial charge in [0.2, 0.25) is 0 Å². The minimum Gasteiger partial charge on any atom is -0.497 e. The molecule has 0 bridgehead atoms. The monoisotopic (exact) mass is 408 g/mol. The van der Waals surface area contributed by atoms with Gasteiger partial charge in [-0.3, -0.25) is 0 Å². The molecule has 1 amide bonds. The normalized spacial score (nSPS) is 15.7. The zero-order chi connectivity index (χ0) is 21.3. The molecule has 1 aliphatic heterocycles. The molecule has 2 aromatic heterocycles. The van der Waals surface area contributed by atoms with Crippen LogP contribution in [0.5, 0.6) is 11.5 Å². The van der Waals surface area contributed by atoms with Gasteiger partial charge in [0, 0.05) is 24.7 Å². The van der Waals surface area contributed by atoms with Crippen LogP contribution in [0.2, 0.25) is 0 Å². The van der Waals surface area contributed by atoms with E-state index in [4.69, 9.17) is 15.2 Å². The van der Waals surface area contributed by atoms with Gasteiger partial charge in [-0.05, 0) is 24.5 Å². The number of nitrogens with two attached hydrogens (primary N) is 1. The molecule has 3 N–H and O–H groups in total. The molecule has 1 saturated heterocycles. The van der Waals surface area contributed by atoms with Crippen LogP contribution in [-0.2, 0) is 0 Å². The minimum atomic E-state index is -0.949. The predicted octanol–water partition coefficient (Wildman–Crippen LogP) is 1.75. The van der Waals surface area contributed by atoms with Crippen molar-refractivity contribution in [3.63, 3.8) is 0 Å². The lowest BCUT2D eigenvalue weighted by Gasteiger charge is -2.13. The number of hydrogen-bond acceptors (Lipinski definition) is 7. The quantitative estimate of drug-likeness (QED) is 0.627. The molecule has 0 unspecified atom stereocenters. The molecule has 1 atom stereocenters. The number of fused-ring (bicyclic) bond motifs is 1. The van der Waals surface area contributed by atoms with E-state index in [-0.39, 0.29) is 11.9 Å². The van der Waals surface area contributed by atoms with Gasteiger partial charge in [-0.1, -0.05) is 5.92 Å². The van der Waals surface area contributed by atoms with E-state index >= 15 is 0 Å².